The van der Waals surface area contributed by atoms with Gasteiger partial charge in [-0.25, -0.2) is 9.97 Å². The predicted octanol–water partition coefficient (Wildman–Crippen LogP) is 16.2. The maximum Gasteiger partial charge on any atom is 0.161 e. The molecule has 10 aromatic carbocycles. The van der Waals surface area contributed by atoms with Crippen LogP contribution in [0.5, 0.6) is 0 Å². The van der Waals surface area contributed by atoms with Crippen molar-refractivity contribution in [2.24, 2.45) is 0 Å². The van der Waals surface area contributed by atoms with Crippen molar-refractivity contribution in [3.05, 3.63) is 230 Å². The standard InChI is InChI=1S/C61H42N2/c1-61(2)53-35-19-34-51(58(53)52-36-41-24-9-10-25-42(41)37-54(52)61)57-47-30-15-17-32-49(47)59(50-33-18-16-31-48(50)57)60-62-55(45-28-13-11-26-43(45)39-20-5-3-6-21-39)38-56(63-60)46-29-14-12-27-44(46)40-22-7-4-8-23-40/h3-38H,1-2H3. The molecule has 296 valence electrons. The van der Waals surface area contributed by atoms with E-state index in [2.05, 4.69) is 232 Å². The zero-order valence-electron chi connectivity index (χ0n) is 35.2. The fourth-order valence-electron chi connectivity index (χ4n) is 10.3. The van der Waals surface area contributed by atoms with Crippen molar-refractivity contribution in [1.82, 2.24) is 9.97 Å². The first-order chi connectivity index (χ1) is 31.0. The van der Waals surface area contributed by atoms with Gasteiger partial charge in [-0.3, -0.25) is 0 Å². The molecule has 0 radical (unpaired) electrons. The second-order valence-electron chi connectivity index (χ2n) is 17.2. The van der Waals surface area contributed by atoms with Crippen molar-refractivity contribution < 1.29 is 0 Å². The molecule has 1 heterocycles. The van der Waals surface area contributed by atoms with Crippen LogP contribution in [0.15, 0.2) is 218 Å². The number of benzene rings is 10. The predicted molar refractivity (Wildman–Crippen MR) is 265 cm³/mol. The van der Waals surface area contributed by atoms with Gasteiger partial charge in [0, 0.05) is 22.1 Å². The number of hydrogen-bond acceptors (Lipinski definition) is 2. The molecule has 0 saturated carbocycles. The lowest BCUT2D eigenvalue weighted by Gasteiger charge is -2.23. The van der Waals surface area contributed by atoms with Gasteiger partial charge in [-0.1, -0.05) is 214 Å². The van der Waals surface area contributed by atoms with Gasteiger partial charge < -0.3 is 0 Å². The number of aromatic nitrogens is 2. The Morgan fingerprint density at radius 1 is 0.302 bits per heavy atom. The monoisotopic (exact) mass is 802 g/mol. The smallest absolute Gasteiger partial charge is 0.161 e. The van der Waals surface area contributed by atoms with Crippen LogP contribution < -0.4 is 0 Å². The lowest BCUT2D eigenvalue weighted by atomic mass is 9.81. The highest BCUT2D eigenvalue weighted by atomic mass is 14.9. The number of nitrogens with zero attached hydrogens (tertiary/aromatic N) is 2. The van der Waals surface area contributed by atoms with Crippen LogP contribution in [-0.2, 0) is 5.41 Å². The minimum Gasteiger partial charge on any atom is -0.228 e. The molecular formula is C61H42N2. The zero-order chi connectivity index (χ0) is 42.1. The summed E-state index contributed by atoms with van der Waals surface area (Å²) >= 11 is 0. The topological polar surface area (TPSA) is 25.8 Å². The summed E-state index contributed by atoms with van der Waals surface area (Å²) in [6.07, 6.45) is 0. The minimum absolute atomic E-state index is 0.160. The summed E-state index contributed by atoms with van der Waals surface area (Å²) in [5, 5.41) is 7.13. The first-order valence-corrected chi connectivity index (χ1v) is 21.8. The highest BCUT2D eigenvalue weighted by Gasteiger charge is 2.38. The van der Waals surface area contributed by atoms with Gasteiger partial charge in [0.1, 0.15) is 0 Å². The Bertz CT molecular complexity index is 3430. The van der Waals surface area contributed by atoms with Crippen molar-refractivity contribution >= 4 is 32.3 Å². The molecule has 0 fully saturated rings. The SMILES string of the molecule is CC1(C)c2cc3ccccc3cc2-c2c(-c3c4ccccc4c(-c4nc(-c5ccccc5-c5ccccc5)cc(-c5ccccc5-c5ccccc5)n4)c4ccccc34)cccc21. The number of fused-ring (bicyclic) bond motifs is 6. The summed E-state index contributed by atoms with van der Waals surface area (Å²) in [7, 11) is 0. The second-order valence-corrected chi connectivity index (χ2v) is 17.2. The highest BCUT2D eigenvalue weighted by Crippen LogP contribution is 2.55. The maximum absolute atomic E-state index is 5.62. The Morgan fingerprint density at radius 3 is 1.27 bits per heavy atom. The lowest BCUT2D eigenvalue weighted by Crippen LogP contribution is -2.14. The summed E-state index contributed by atoms with van der Waals surface area (Å²) in [4.78, 5) is 11.2. The normalized spacial score (nSPS) is 12.7. The van der Waals surface area contributed by atoms with Gasteiger partial charge in [0.05, 0.1) is 11.4 Å². The van der Waals surface area contributed by atoms with Crippen molar-refractivity contribution in [3.8, 4) is 78.4 Å². The van der Waals surface area contributed by atoms with E-state index < -0.39 is 0 Å². The Morgan fingerprint density at radius 2 is 0.730 bits per heavy atom. The molecular weight excluding hydrogens is 761 g/mol. The summed E-state index contributed by atoms with van der Waals surface area (Å²) in [6.45, 7) is 4.76. The van der Waals surface area contributed by atoms with Crippen LogP contribution >= 0.6 is 0 Å². The third-order valence-electron chi connectivity index (χ3n) is 13.3. The van der Waals surface area contributed by atoms with Gasteiger partial charge in [-0.05, 0) is 106 Å². The van der Waals surface area contributed by atoms with Crippen LogP contribution in [0.1, 0.15) is 25.0 Å². The molecule has 1 aromatic heterocycles. The molecule has 1 aliphatic carbocycles. The van der Waals surface area contributed by atoms with E-state index in [0.717, 1.165) is 61.1 Å². The van der Waals surface area contributed by atoms with Crippen molar-refractivity contribution in [1.29, 1.82) is 0 Å². The van der Waals surface area contributed by atoms with E-state index >= 15 is 0 Å². The molecule has 0 N–H and O–H groups in total. The molecule has 11 aromatic rings. The summed E-state index contributed by atoms with van der Waals surface area (Å²) < 4.78 is 0. The third-order valence-corrected chi connectivity index (χ3v) is 13.3. The molecule has 2 heteroatoms. The molecule has 0 amide bonds. The average Bonchev–Trinajstić information content (AvgIpc) is 3.57. The zero-order valence-corrected chi connectivity index (χ0v) is 35.2. The van der Waals surface area contributed by atoms with E-state index in [1.54, 1.807) is 0 Å². The Labute approximate surface area is 367 Å². The molecule has 0 bridgehead atoms. The van der Waals surface area contributed by atoms with E-state index in [9.17, 15) is 0 Å². The first kappa shape index (κ1) is 36.9. The van der Waals surface area contributed by atoms with Gasteiger partial charge >= 0.3 is 0 Å². The van der Waals surface area contributed by atoms with Gasteiger partial charge in [0.2, 0.25) is 0 Å². The average molecular weight is 803 g/mol. The van der Waals surface area contributed by atoms with Crippen LogP contribution in [0.25, 0.3) is 111 Å². The van der Waals surface area contributed by atoms with Gasteiger partial charge in [-0.2, -0.15) is 0 Å². The van der Waals surface area contributed by atoms with E-state index in [1.165, 1.54) is 54.9 Å². The Kier molecular flexibility index (Phi) is 8.55. The van der Waals surface area contributed by atoms with Crippen LogP contribution in [0, 0.1) is 0 Å². The molecule has 1 aliphatic rings. The fraction of sp³-hybridized carbons (Fsp3) is 0.0492. The Hall–Kier alpha value is -7.94. The van der Waals surface area contributed by atoms with Crippen LogP contribution in [-0.4, -0.2) is 9.97 Å². The van der Waals surface area contributed by atoms with E-state index in [4.69, 9.17) is 9.97 Å². The van der Waals surface area contributed by atoms with Crippen molar-refractivity contribution in [2.45, 2.75) is 19.3 Å². The van der Waals surface area contributed by atoms with Crippen LogP contribution in [0.2, 0.25) is 0 Å². The number of hydrogen-bond donors (Lipinski definition) is 0. The lowest BCUT2D eigenvalue weighted by molar-refractivity contribution is 0.661. The summed E-state index contributed by atoms with van der Waals surface area (Å²) in [6, 6.07) is 79.0. The molecule has 0 spiro atoms. The molecule has 0 atom stereocenters. The van der Waals surface area contributed by atoms with E-state index in [1.807, 2.05) is 0 Å². The highest BCUT2D eigenvalue weighted by molar-refractivity contribution is 6.22. The van der Waals surface area contributed by atoms with E-state index in [0.29, 0.717) is 5.82 Å². The largest absolute Gasteiger partial charge is 0.228 e. The number of rotatable bonds is 6. The van der Waals surface area contributed by atoms with E-state index in [-0.39, 0.29) is 5.41 Å². The van der Waals surface area contributed by atoms with Gasteiger partial charge in [-0.15, -0.1) is 0 Å². The third kappa shape index (κ3) is 5.94. The summed E-state index contributed by atoms with van der Waals surface area (Å²) in [5.74, 6) is 0.698. The molecule has 63 heavy (non-hydrogen) atoms. The minimum atomic E-state index is -0.160. The van der Waals surface area contributed by atoms with Gasteiger partial charge in [0.25, 0.3) is 0 Å². The molecule has 2 nitrogen and oxygen atoms in total. The van der Waals surface area contributed by atoms with Crippen molar-refractivity contribution in [3.63, 3.8) is 0 Å². The molecule has 0 unspecified atom stereocenters. The van der Waals surface area contributed by atoms with Crippen LogP contribution in [0.3, 0.4) is 0 Å². The van der Waals surface area contributed by atoms with Gasteiger partial charge in [0.15, 0.2) is 5.82 Å². The quantitative estimate of drug-likeness (QED) is 0.157. The maximum atomic E-state index is 5.62. The molecule has 12 rings (SSSR count). The Balaban J connectivity index is 1.16. The molecule has 0 saturated heterocycles. The first-order valence-electron chi connectivity index (χ1n) is 21.8. The second kappa shape index (κ2) is 14.6. The van der Waals surface area contributed by atoms with Crippen molar-refractivity contribution in [2.75, 3.05) is 0 Å². The fourth-order valence-corrected chi connectivity index (χ4v) is 10.3. The molecule has 0 aliphatic heterocycles. The summed E-state index contributed by atoms with van der Waals surface area (Å²) in [5.41, 5.74) is 17.1. The van der Waals surface area contributed by atoms with Crippen LogP contribution in [0.4, 0.5) is 0 Å².